The molecule has 32 heavy (non-hydrogen) atoms. The van der Waals surface area contributed by atoms with E-state index in [0.717, 1.165) is 0 Å². The number of ether oxygens (including phenoxy) is 2. The van der Waals surface area contributed by atoms with Crippen molar-refractivity contribution in [1.82, 2.24) is 4.90 Å². The molecule has 2 aromatic rings. The predicted molar refractivity (Wildman–Crippen MR) is 113 cm³/mol. The van der Waals surface area contributed by atoms with E-state index in [0.29, 0.717) is 48.0 Å². The maximum absolute atomic E-state index is 12.9. The van der Waals surface area contributed by atoms with Gasteiger partial charge in [0, 0.05) is 29.7 Å². The van der Waals surface area contributed by atoms with Gasteiger partial charge >= 0.3 is 6.18 Å². The van der Waals surface area contributed by atoms with Gasteiger partial charge in [0.05, 0.1) is 12.7 Å². The minimum atomic E-state index is -4.42. The SMILES string of the molecule is COc1ccc(Cl)cc1C(=O)N1CCC(C(=O)Nc2ccc(OCC(F)(F)F)cc2)CC1. The third-order valence-corrected chi connectivity index (χ3v) is 5.30. The third-order valence-electron chi connectivity index (χ3n) is 5.07. The summed E-state index contributed by atoms with van der Waals surface area (Å²) >= 11 is 6.01. The monoisotopic (exact) mass is 470 g/mol. The lowest BCUT2D eigenvalue weighted by atomic mass is 9.95. The number of carbonyl (C=O) groups is 2. The zero-order chi connectivity index (χ0) is 23.3. The smallest absolute Gasteiger partial charge is 0.422 e. The molecule has 2 aromatic carbocycles. The summed E-state index contributed by atoms with van der Waals surface area (Å²) in [5.74, 6) is -0.217. The molecule has 0 radical (unpaired) electrons. The van der Waals surface area contributed by atoms with Gasteiger partial charge in [-0.15, -0.1) is 0 Å². The van der Waals surface area contributed by atoms with Gasteiger partial charge in [0.15, 0.2) is 6.61 Å². The van der Waals surface area contributed by atoms with Crippen molar-refractivity contribution in [2.24, 2.45) is 5.92 Å². The minimum absolute atomic E-state index is 0.0589. The zero-order valence-electron chi connectivity index (χ0n) is 17.2. The van der Waals surface area contributed by atoms with Crippen LogP contribution in [0.1, 0.15) is 23.2 Å². The van der Waals surface area contributed by atoms with E-state index >= 15 is 0 Å². The van der Waals surface area contributed by atoms with Gasteiger partial charge in [0.25, 0.3) is 5.91 Å². The molecule has 1 aliphatic heterocycles. The molecule has 1 fully saturated rings. The molecule has 0 aliphatic carbocycles. The number of anilines is 1. The van der Waals surface area contributed by atoms with Crippen LogP contribution in [0.3, 0.4) is 0 Å². The standard InChI is InChI=1S/C22H22ClF3N2O4/c1-31-19-7-2-15(23)12-18(19)21(30)28-10-8-14(9-11-28)20(29)27-16-3-5-17(6-4-16)32-13-22(24,25)26/h2-7,12,14H,8-11,13H2,1H3,(H,27,29). The topological polar surface area (TPSA) is 67.9 Å². The Morgan fingerprint density at radius 1 is 1.12 bits per heavy atom. The Morgan fingerprint density at radius 2 is 1.78 bits per heavy atom. The summed E-state index contributed by atoms with van der Waals surface area (Å²) in [5.41, 5.74) is 0.826. The first-order valence-electron chi connectivity index (χ1n) is 9.89. The average molecular weight is 471 g/mol. The van der Waals surface area contributed by atoms with E-state index in [4.69, 9.17) is 16.3 Å². The Labute approximate surface area is 188 Å². The Balaban J connectivity index is 1.52. The molecule has 1 N–H and O–H groups in total. The number of hydrogen-bond donors (Lipinski definition) is 1. The first-order chi connectivity index (χ1) is 15.2. The second-order valence-corrected chi connectivity index (χ2v) is 7.76. The highest BCUT2D eigenvalue weighted by Crippen LogP contribution is 2.27. The number of likely N-dealkylation sites (tertiary alicyclic amines) is 1. The summed E-state index contributed by atoms with van der Waals surface area (Å²) in [6.45, 7) is -0.579. The average Bonchev–Trinajstić information content (AvgIpc) is 2.77. The van der Waals surface area contributed by atoms with E-state index in [2.05, 4.69) is 10.1 Å². The van der Waals surface area contributed by atoms with Gasteiger partial charge in [-0.05, 0) is 55.3 Å². The van der Waals surface area contributed by atoms with Crippen LogP contribution in [0.2, 0.25) is 5.02 Å². The molecule has 0 bridgehead atoms. The van der Waals surface area contributed by atoms with Crippen LogP contribution in [-0.2, 0) is 4.79 Å². The summed E-state index contributed by atoms with van der Waals surface area (Å²) in [4.78, 5) is 27.1. The Kier molecular flexibility index (Phi) is 7.50. The number of piperidine rings is 1. The number of hydrogen-bond acceptors (Lipinski definition) is 4. The molecule has 0 saturated carbocycles. The fourth-order valence-corrected chi connectivity index (χ4v) is 3.58. The van der Waals surface area contributed by atoms with Gasteiger partial charge in [-0.25, -0.2) is 0 Å². The zero-order valence-corrected chi connectivity index (χ0v) is 18.0. The molecule has 10 heteroatoms. The van der Waals surface area contributed by atoms with Crippen LogP contribution in [0.5, 0.6) is 11.5 Å². The number of halogens is 4. The first-order valence-corrected chi connectivity index (χ1v) is 10.3. The highest BCUT2D eigenvalue weighted by molar-refractivity contribution is 6.31. The van der Waals surface area contributed by atoms with Crippen molar-refractivity contribution in [2.45, 2.75) is 19.0 Å². The molecule has 0 spiro atoms. The van der Waals surface area contributed by atoms with Gasteiger partial charge in [0.2, 0.25) is 5.91 Å². The lowest BCUT2D eigenvalue weighted by Gasteiger charge is -2.31. The molecule has 0 aromatic heterocycles. The Bertz CT molecular complexity index is 959. The predicted octanol–water partition coefficient (Wildman–Crippen LogP) is 4.78. The van der Waals surface area contributed by atoms with Crippen molar-refractivity contribution in [2.75, 3.05) is 32.1 Å². The van der Waals surface area contributed by atoms with Crippen molar-refractivity contribution in [3.05, 3.63) is 53.1 Å². The summed E-state index contributed by atoms with van der Waals surface area (Å²) in [7, 11) is 1.48. The molecule has 0 unspecified atom stereocenters. The molecule has 2 amide bonds. The van der Waals surface area contributed by atoms with Crippen molar-refractivity contribution < 1.29 is 32.2 Å². The molecular formula is C22H22ClF3N2O4. The second-order valence-electron chi connectivity index (χ2n) is 7.33. The van der Waals surface area contributed by atoms with Crippen molar-refractivity contribution in [3.8, 4) is 11.5 Å². The number of methoxy groups -OCH3 is 1. The van der Waals surface area contributed by atoms with Crippen LogP contribution < -0.4 is 14.8 Å². The molecule has 0 atom stereocenters. The van der Waals surface area contributed by atoms with Gasteiger partial charge in [-0.2, -0.15) is 13.2 Å². The largest absolute Gasteiger partial charge is 0.496 e. The van der Waals surface area contributed by atoms with E-state index in [1.807, 2.05) is 0 Å². The second kappa shape index (κ2) is 10.1. The molecule has 6 nitrogen and oxygen atoms in total. The fraction of sp³-hybridized carbons (Fsp3) is 0.364. The van der Waals surface area contributed by atoms with Crippen LogP contribution >= 0.6 is 11.6 Å². The molecule has 172 valence electrons. The lowest BCUT2D eigenvalue weighted by molar-refractivity contribution is -0.153. The number of alkyl halides is 3. The van der Waals surface area contributed by atoms with Crippen molar-refractivity contribution in [3.63, 3.8) is 0 Å². The fourth-order valence-electron chi connectivity index (χ4n) is 3.41. The minimum Gasteiger partial charge on any atom is -0.496 e. The number of nitrogens with one attached hydrogen (secondary N) is 1. The van der Waals surface area contributed by atoms with Gasteiger partial charge in [-0.1, -0.05) is 11.6 Å². The molecule has 1 saturated heterocycles. The molecule has 3 rings (SSSR count). The van der Waals surface area contributed by atoms with Crippen molar-refractivity contribution >= 4 is 29.1 Å². The first kappa shape index (κ1) is 23.7. The van der Waals surface area contributed by atoms with Crippen LogP contribution in [-0.4, -0.2) is 49.7 Å². The van der Waals surface area contributed by atoms with Gasteiger partial charge < -0.3 is 19.7 Å². The normalized spacial score (nSPS) is 14.7. The molecular weight excluding hydrogens is 449 g/mol. The number of nitrogens with zero attached hydrogens (tertiary/aromatic N) is 1. The number of carbonyl (C=O) groups excluding carboxylic acids is 2. The maximum Gasteiger partial charge on any atom is 0.422 e. The maximum atomic E-state index is 12.9. The van der Waals surface area contributed by atoms with E-state index in [1.54, 1.807) is 23.1 Å². The summed E-state index contributed by atoms with van der Waals surface area (Å²) in [5, 5.41) is 3.18. The quantitative estimate of drug-likeness (QED) is 0.659. The Hall–Kier alpha value is -2.94. The number of rotatable bonds is 6. The summed E-state index contributed by atoms with van der Waals surface area (Å²) < 4.78 is 46.5. The van der Waals surface area contributed by atoms with Crippen LogP contribution in [0.15, 0.2) is 42.5 Å². The molecule has 1 heterocycles. The third kappa shape index (κ3) is 6.29. The lowest BCUT2D eigenvalue weighted by Crippen LogP contribution is -2.41. The van der Waals surface area contributed by atoms with Crippen LogP contribution in [0.25, 0.3) is 0 Å². The number of benzene rings is 2. The highest BCUT2D eigenvalue weighted by Gasteiger charge is 2.30. The van der Waals surface area contributed by atoms with Gasteiger partial charge in [0.1, 0.15) is 11.5 Å². The highest BCUT2D eigenvalue weighted by atomic mass is 35.5. The van der Waals surface area contributed by atoms with Crippen molar-refractivity contribution in [1.29, 1.82) is 0 Å². The summed E-state index contributed by atoms with van der Waals surface area (Å²) in [6, 6.07) is 10.5. The molecule has 1 aliphatic rings. The summed E-state index contributed by atoms with van der Waals surface area (Å²) in [6.07, 6.45) is -3.46. The van der Waals surface area contributed by atoms with E-state index in [1.165, 1.54) is 31.4 Å². The van der Waals surface area contributed by atoms with Crippen LogP contribution in [0.4, 0.5) is 18.9 Å². The van der Waals surface area contributed by atoms with Gasteiger partial charge in [-0.3, -0.25) is 9.59 Å². The van der Waals surface area contributed by atoms with E-state index in [-0.39, 0.29) is 23.5 Å². The Morgan fingerprint density at radius 3 is 2.38 bits per heavy atom. The van der Waals surface area contributed by atoms with E-state index < -0.39 is 12.8 Å². The van der Waals surface area contributed by atoms with Crippen LogP contribution in [0, 0.1) is 5.92 Å². The van der Waals surface area contributed by atoms with E-state index in [9.17, 15) is 22.8 Å². The number of amides is 2.